The Morgan fingerprint density at radius 2 is 2.15 bits per heavy atom. The van der Waals surface area contributed by atoms with E-state index in [0.717, 1.165) is 16.5 Å². The number of rotatable bonds is 5. The van der Waals surface area contributed by atoms with E-state index in [-0.39, 0.29) is 11.9 Å². The monoisotopic (exact) mass is 273 g/mol. The number of hydrogen-bond donors (Lipinski definition) is 2. The number of anilines is 1. The van der Waals surface area contributed by atoms with Crippen molar-refractivity contribution >= 4 is 22.5 Å². The quantitative estimate of drug-likeness (QED) is 0.876. The lowest BCUT2D eigenvalue weighted by molar-refractivity contribution is -0.121. The summed E-state index contributed by atoms with van der Waals surface area (Å²) in [6, 6.07) is 7.32. The van der Waals surface area contributed by atoms with Crippen molar-refractivity contribution in [3.8, 4) is 5.75 Å². The van der Waals surface area contributed by atoms with E-state index in [1.165, 1.54) is 0 Å². The van der Waals surface area contributed by atoms with Crippen LogP contribution in [0.25, 0.3) is 10.8 Å². The van der Waals surface area contributed by atoms with Crippen LogP contribution >= 0.6 is 0 Å². The summed E-state index contributed by atoms with van der Waals surface area (Å²) < 4.78 is 5.34. The third kappa shape index (κ3) is 2.82. The minimum Gasteiger partial charge on any atom is -0.496 e. The molecule has 2 aromatic rings. The van der Waals surface area contributed by atoms with Gasteiger partial charge >= 0.3 is 0 Å². The molecule has 0 saturated heterocycles. The van der Waals surface area contributed by atoms with Crippen LogP contribution in [0, 0.1) is 0 Å². The van der Waals surface area contributed by atoms with Crippen molar-refractivity contribution in [1.29, 1.82) is 0 Å². The van der Waals surface area contributed by atoms with Crippen molar-refractivity contribution in [3.05, 3.63) is 30.5 Å². The molecule has 0 aliphatic carbocycles. The highest BCUT2D eigenvalue weighted by Crippen LogP contribution is 2.29. The number of amides is 1. The van der Waals surface area contributed by atoms with E-state index >= 15 is 0 Å². The summed E-state index contributed by atoms with van der Waals surface area (Å²) >= 11 is 0. The molecule has 0 aliphatic rings. The molecule has 0 fully saturated rings. The molecule has 0 bridgehead atoms. The molecule has 1 atom stereocenters. The second kappa shape index (κ2) is 6.23. The van der Waals surface area contributed by atoms with Gasteiger partial charge in [0.2, 0.25) is 5.91 Å². The number of ether oxygens (including phenoxy) is 1. The standard InChI is InChI=1S/C15H19N3O2/c1-4-16-15(19)10(2)18-14-12-6-5-7-13(20-3)11(12)8-9-17-14/h5-10H,4H2,1-3H3,(H,16,19)(H,17,18). The number of methoxy groups -OCH3 is 1. The van der Waals surface area contributed by atoms with E-state index in [1.807, 2.05) is 38.1 Å². The van der Waals surface area contributed by atoms with Crippen LogP contribution < -0.4 is 15.4 Å². The van der Waals surface area contributed by atoms with Crippen molar-refractivity contribution in [2.75, 3.05) is 19.0 Å². The Balaban J connectivity index is 2.33. The molecule has 20 heavy (non-hydrogen) atoms. The number of nitrogens with zero attached hydrogens (tertiary/aromatic N) is 1. The highest BCUT2D eigenvalue weighted by molar-refractivity contribution is 5.97. The number of aromatic nitrogens is 1. The minimum atomic E-state index is -0.348. The van der Waals surface area contributed by atoms with Gasteiger partial charge in [-0.1, -0.05) is 12.1 Å². The summed E-state index contributed by atoms with van der Waals surface area (Å²) in [6.45, 7) is 4.32. The van der Waals surface area contributed by atoms with E-state index < -0.39 is 0 Å². The van der Waals surface area contributed by atoms with Crippen LogP contribution in [0.15, 0.2) is 30.5 Å². The molecule has 0 aliphatic heterocycles. The summed E-state index contributed by atoms with van der Waals surface area (Å²) in [4.78, 5) is 16.1. The van der Waals surface area contributed by atoms with Crippen LogP contribution in [0.3, 0.4) is 0 Å². The van der Waals surface area contributed by atoms with Gasteiger partial charge in [0, 0.05) is 23.5 Å². The van der Waals surface area contributed by atoms with Crippen LogP contribution in [0.2, 0.25) is 0 Å². The number of hydrogen-bond acceptors (Lipinski definition) is 4. The van der Waals surface area contributed by atoms with Crippen molar-refractivity contribution in [1.82, 2.24) is 10.3 Å². The molecule has 0 saturated carbocycles. The fraction of sp³-hybridized carbons (Fsp3) is 0.333. The Kier molecular flexibility index (Phi) is 4.40. The van der Waals surface area contributed by atoms with Crippen molar-refractivity contribution in [3.63, 3.8) is 0 Å². The second-order valence-corrected chi connectivity index (χ2v) is 4.48. The summed E-state index contributed by atoms with van der Waals surface area (Å²) in [7, 11) is 1.64. The van der Waals surface area contributed by atoms with Crippen molar-refractivity contribution in [2.45, 2.75) is 19.9 Å². The maximum Gasteiger partial charge on any atom is 0.242 e. The molecule has 1 aromatic heterocycles. The molecule has 0 radical (unpaired) electrons. The maximum atomic E-state index is 11.8. The topological polar surface area (TPSA) is 63.2 Å². The van der Waals surface area contributed by atoms with Gasteiger partial charge in [0.25, 0.3) is 0 Å². The van der Waals surface area contributed by atoms with E-state index in [1.54, 1.807) is 13.3 Å². The molecule has 1 aromatic carbocycles. The lowest BCUT2D eigenvalue weighted by atomic mass is 10.1. The highest BCUT2D eigenvalue weighted by atomic mass is 16.5. The summed E-state index contributed by atoms with van der Waals surface area (Å²) in [5, 5.41) is 7.83. The smallest absolute Gasteiger partial charge is 0.242 e. The first kappa shape index (κ1) is 14.1. The van der Waals surface area contributed by atoms with Gasteiger partial charge in [-0.05, 0) is 26.0 Å². The van der Waals surface area contributed by atoms with Gasteiger partial charge in [-0.15, -0.1) is 0 Å². The predicted molar refractivity (Wildman–Crippen MR) is 80.1 cm³/mol. The molecule has 0 spiro atoms. The number of nitrogens with one attached hydrogen (secondary N) is 2. The summed E-state index contributed by atoms with van der Waals surface area (Å²) in [6.07, 6.45) is 1.71. The fourth-order valence-electron chi connectivity index (χ4n) is 2.07. The molecule has 2 N–H and O–H groups in total. The normalized spacial score (nSPS) is 11.9. The first-order valence-corrected chi connectivity index (χ1v) is 6.63. The van der Waals surface area contributed by atoms with Gasteiger partial charge in [0.15, 0.2) is 0 Å². The SMILES string of the molecule is CCNC(=O)C(C)Nc1nccc2c(OC)cccc12. The average molecular weight is 273 g/mol. The van der Waals surface area contributed by atoms with Crippen LogP contribution in [-0.4, -0.2) is 30.6 Å². The van der Waals surface area contributed by atoms with Gasteiger partial charge in [0.05, 0.1) is 7.11 Å². The van der Waals surface area contributed by atoms with E-state index in [4.69, 9.17) is 4.74 Å². The molecule has 1 unspecified atom stereocenters. The third-order valence-electron chi connectivity index (χ3n) is 3.08. The van der Waals surface area contributed by atoms with Gasteiger partial charge in [-0.2, -0.15) is 0 Å². The minimum absolute atomic E-state index is 0.0470. The molecular formula is C15H19N3O2. The number of fused-ring (bicyclic) bond motifs is 1. The van der Waals surface area contributed by atoms with E-state index in [0.29, 0.717) is 12.4 Å². The van der Waals surface area contributed by atoms with Gasteiger partial charge in [-0.25, -0.2) is 4.98 Å². The Labute approximate surface area is 118 Å². The number of likely N-dealkylation sites (N-methyl/N-ethyl adjacent to an activating group) is 1. The van der Waals surface area contributed by atoms with Crippen molar-refractivity contribution in [2.24, 2.45) is 0 Å². The van der Waals surface area contributed by atoms with Crippen LogP contribution in [0.5, 0.6) is 5.75 Å². The van der Waals surface area contributed by atoms with Crippen LogP contribution in [-0.2, 0) is 4.79 Å². The fourth-order valence-corrected chi connectivity index (χ4v) is 2.07. The number of benzene rings is 1. The zero-order valence-corrected chi connectivity index (χ0v) is 11.9. The first-order chi connectivity index (χ1) is 9.67. The maximum absolute atomic E-state index is 11.8. The molecule has 5 nitrogen and oxygen atoms in total. The van der Waals surface area contributed by atoms with Gasteiger partial charge in [0.1, 0.15) is 17.6 Å². The van der Waals surface area contributed by atoms with Gasteiger partial charge < -0.3 is 15.4 Å². The Morgan fingerprint density at radius 3 is 2.85 bits per heavy atom. The van der Waals surface area contributed by atoms with Crippen molar-refractivity contribution < 1.29 is 9.53 Å². The number of carbonyl (C=O) groups is 1. The molecule has 2 rings (SSSR count). The second-order valence-electron chi connectivity index (χ2n) is 4.48. The summed E-state index contributed by atoms with van der Waals surface area (Å²) in [5.41, 5.74) is 0. The predicted octanol–water partition coefficient (Wildman–Crippen LogP) is 2.18. The molecule has 106 valence electrons. The third-order valence-corrected chi connectivity index (χ3v) is 3.08. The molecule has 1 heterocycles. The Morgan fingerprint density at radius 1 is 1.35 bits per heavy atom. The van der Waals surface area contributed by atoms with E-state index in [2.05, 4.69) is 15.6 Å². The largest absolute Gasteiger partial charge is 0.496 e. The Bertz CT molecular complexity index is 613. The number of pyridine rings is 1. The summed E-state index contributed by atoms with van der Waals surface area (Å²) in [5.74, 6) is 1.42. The molecule has 5 heteroatoms. The zero-order chi connectivity index (χ0) is 14.5. The number of carbonyl (C=O) groups excluding carboxylic acids is 1. The molecule has 1 amide bonds. The molecular weight excluding hydrogens is 254 g/mol. The Hall–Kier alpha value is -2.30. The highest BCUT2D eigenvalue weighted by Gasteiger charge is 2.14. The zero-order valence-electron chi connectivity index (χ0n) is 11.9. The van der Waals surface area contributed by atoms with Gasteiger partial charge in [-0.3, -0.25) is 4.79 Å². The van der Waals surface area contributed by atoms with Crippen LogP contribution in [0.4, 0.5) is 5.82 Å². The average Bonchev–Trinajstić information content (AvgIpc) is 2.47. The first-order valence-electron chi connectivity index (χ1n) is 6.63. The van der Waals surface area contributed by atoms with E-state index in [9.17, 15) is 4.79 Å². The lowest BCUT2D eigenvalue weighted by Gasteiger charge is -2.16. The lowest BCUT2D eigenvalue weighted by Crippen LogP contribution is -2.37. The van der Waals surface area contributed by atoms with Crippen LogP contribution in [0.1, 0.15) is 13.8 Å².